The van der Waals surface area contributed by atoms with E-state index in [1.54, 1.807) is 0 Å². The number of alkyl halides is 3. The predicted octanol–water partition coefficient (Wildman–Crippen LogP) is 3.75. The average molecular weight is 528 g/mol. The highest BCUT2D eigenvalue weighted by molar-refractivity contribution is 7.89. The molecule has 4 rings (SSSR count). The maximum Gasteiger partial charge on any atom is 0.416 e. The van der Waals surface area contributed by atoms with Crippen molar-refractivity contribution >= 4 is 21.8 Å². The third kappa shape index (κ3) is 5.70. The first-order chi connectivity index (χ1) is 16.9. The first-order valence-corrected chi connectivity index (χ1v) is 13.0. The summed E-state index contributed by atoms with van der Waals surface area (Å²) in [6.07, 6.45) is -1.72. The number of likely N-dealkylation sites (tertiary alicyclic amines) is 1. The molecule has 1 aliphatic heterocycles. The summed E-state index contributed by atoms with van der Waals surface area (Å²) in [6, 6.07) is 5.72. The van der Waals surface area contributed by atoms with E-state index >= 15 is 0 Å². The van der Waals surface area contributed by atoms with Crippen molar-refractivity contribution in [3.05, 3.63) is 65.0 Å². The number of primary sulfonamides is 1. The number of rotatable bonds is 6. The molecule has 2 atom stereocenters. The molecule has 12 heteroatoms. The van der Waals surface area contributed by atoms with Crippen LogP contribution in [0, 0.1) is 11.7 Å². The van der Waals surface area contributed by atoms with Gasteiger partial charge in [-0.1, -0.05) is 12.1 Å². The Labute approximate surface area is 205 Å². The molecule has 194 valence electrons. The third-order valence-electron chi connectivity index (χ3n) is 6.53. The molecule has 2 aromatic rings. The number of nitrogens with zero attached hydrogens (tertiary/aromatic N) is 1. The summed E-state index contributed by atoms with van der Waals surface area (Å²) >= 11 is 0. The maximum atomic E-state index is 14.7. The average Bonchev–Trinajstić information content (AvgIpc) is 3.66. The van der Waals surface area contributed by atoms with E-state index in [0.29, 0.717) is 38.2 Å². The van der Waals surface area contributed by atoms with Crippen molar-refractivity contribution in [2.45, 2.75) is 55.3 Å². The first kappa shape index (κ1) is 26.1. The Balaban J connectivity index is 1.56. The summed E-state index contributed by atoms with van der Waals surface area (Å²) in [4.78, 5) is 27.6. The van der Waals surface area contributed by atoms with Gasteiger partial charge in [0, 0.05) is 17.7 Å². The lowest BCUT2D eigenvalue weighted by Crippen LogP contribution is -2.52. The SMILES string of the molecule is NS(=O)(=O)c1cccc(C(=O)N2CCCC[C@@H]2C(=O)N[C@@H](c2ccc(C(F)(F)F)cc2F)C2CC2)c1. The van der Waals surface area contributed by atoms with Crippen LogP contribution in [0.1, 0.15) is 59.6 Å². The number of nitrogens with two attached hydrogens (primary N) is 1. The van der Waals surface area contributed by atoms with Gasteiger partial charge < -0.3 is 10.2 Å². The standard InChI is InChI=1S/C24H25F4N3O4S/c25-19-13-16(24(26,27)28)9-10-18(19)21(14-7-8-14)30-22(32)20-6-1-2-11-31(20)23(33)15-4-3-5-17(12-15)36(29,34)35/h3-5,9-10,12-14,20-21H,1-2,6-8,11H2,(H,30,32)(H2,29,34,35)/t20-,21-/m1/s1. The smallest absolute Gasteiger partial charge is 0.347 e. The Morgan fingerprint density at radius 2 is 1.78 bits per heavy atom. The quantitative estimate of drug-likeness (QED) is 0.558. The molecule has 2 fully saturated rings. The first-order valence-electron chi connectivity index (χ1n) is 11.5. The second-order valence-electron chi connectivity index (χ2n) is 9.14. The van der Waals surface area contributed by atoms with E-state index in [4.69, 9.17) is 5.14 Å². The highest BCUT2D eigenvalue weighted by atomic mass is 32.2. The normalized spacial score (nSPS) is 19.6. The fourth-order valence-corrected chi connectivity index (χ4v) is 5.06. The molecule has 1 saturated heterocycles. The van der Waals surface area contributed by atoms with Gasteiger partial charge in [0.1, 0.15) is 11.9 Å². The van der Waals surface area contributed by atoms with Crippen LogP contribution in [0.4, 0.5) is 17.6 Å². The molecule has 2 aliphatic rings. The van der Waals surface area contributed by atoms with Crippen LogP contribution < -0.4 is 10.5 Å². The molecule has 0 spiro atoms. The molecule has 1 saturated carbocycles. The number of carbonyl (C=O) groups is 2. The van der Waals surface area contributed by atoms with Gasteiger partial charge in [-0.15, -0.1) is 0 Å². The summed E-state index contributed by atoms with van der Waals surface area (Å²) < 4.78 is 76.9. The minimum Gasteiger partial charge on any atom is -0.347 e. The van der Waals surface area contributed by atoms with Gasteiger partial charge in [0.25, 0.3) is 5.91 Å². The molecule has 2 amide bonds. The topological polar surface area (TPSA) is 110 Å². The molecule has 36 heavy (non-hydrogen) atoms. The van der Waals surface area contributed by atoms with Crippen molar-refractivity contribution in [1.82, 2.24) is 10.2 Å². The minimum atomic E-state index is -4.69. The maximum absolute atomic E-state index is 14.7. The van der Waals surface area contributed by atoms with Gasteiger partial charge in [0.05, 0.1) is 16.5 Å². The Morgan fingerprint density at radius 3 is 2.39 bits per heavy atom. The second kappa shape index (κ2) is 9.81. The highest BCUT2D eigenvalue weighted by Gasteiger charge is 2.40. The monoisotopic (exact) mass is 527 g/mol. The summed E-state index contributed by atoms with van der Waals surface area (Å²) in [5.74, 6) is -2.27. The molecule has 0 radical (unpaired) electrons. The highest BCUT2D eigenvalue weighted by Crippen LogP contribution is 2.43. The lowest BCUT2D eigenvalue weighted by Gasteiger charge is -2.36. The van der Waals surface area contributed by atoms with Crippen LogP contribution in [0.25, 0.3) is 0 Å². The number of benzene rings is 2. The van der Waals surface area contributed by atoms with Gasteiger partial charge in [0.15, 0.2) is 0 Å². The lowest BCUT2D eigenvalue weighted by atomic mass is 9.96. The van der Waals surface area contributed by atoms with Crippen LogP contribution in [-0.2, 0) is 21.0 Å². The molecule has 1 heterocycles. The number of nitrogens with one attached hydrogen (secondary N) is 1. The van der Waals surface area contributed by atoms with Crippen LogP contribution >= 0.6 is 0 Å². The van der Waals surface area contributed by atoms with Crippen molar-refractivity contribution in [3.8, 4) is 0 Å². The van der Waals surface area contributed by atoms with Crippen molar-refractivity contribution in [2.75, 3.05) is 6.54 Å². The molecule has 7 nitrogen and oxygen atoms in total. The molecular formula is C24H25F4N3O4S. The number of hydrogen-bond donors (Lipinski definition) is 2. The Kier molecular flexibility index (Phi) is 7.11. The van der Waals surface area contributed by atoms with E-state index in [-0.39, 0.29) is 28.5 Å². The van der Waals surface area contributed by atoms with Crippen LogP contribution in [0.5, 0.6) is 0 Å². The summed E-state index contributed by atoms with van der Waals surface area (Å²) in [7, 11) is -4.04. The van der Waals surface area contributed by atoms with E-state index in [9.17, 15) is 35.6 Å². The van der Waals surface area contributed by atoms with Crippen molar-refractivity contribution in [2.24, 2.45) is 11.1 Å². The van der Waals surface area contributed by atoms with E-state index in [1.807, 2.05) is 0 Å². The molecule has 0 unspecified atom stereocenters. The zero-order valence-electron chi connectivity index (χ0n) is 19.1. The number of amides is 2. The molecule has 0 aromatic heterocycles. The van der Waals surface area contributed by atoms with Crippen LogP contribution in [0.15, 0.2) is 47.4 Å². The van der Waals surface area contributed by atoms with Crippen molar-refractivity contribution < 1.29 is 35.6 Å². The molecule has 2 aromatic carbocycles. The van der Waals surface area contributed by atoms with Gasteiger partial charge >= 0.3 is 6.18 Å². The van der Waals surface area contributed by atoms with Crippen molar-refractivity contribution in [1.29, 1.82) is 0 Å². The van der Waals surface area contributed by atoms with E-state index < -0.39 is 51.5 Å². The number of carbonyl (C=O) groups excluding carboxylic acids is 2. The molecule has 1 aliphatic carbocycles. The number of piperidine rings is 1. The number of hydrogen-bond acceptors (Lipinski definition) is 4. The van der Waals surface area contributed by atoms with E-state index in [1.165, 1.54) is 23.1 Å². The lowest BCUT2D eigenvalue weighted by molar-refractivity contribution is -0.137. The van der Waals surface area contributed by atoms with Gasteiger partial charge in [-0.05, 0) is 68.4 Å². The zero-order valence-corrected chi connectivity index (χ0v) is 19.9. The predicted molar refractivity (Wildman–Crippen MR) is 122 cm³/mol. The van der Waals surface area contributed by atoms with Crippen LogP contribution in [0.3, 0.4) is 0 Å². The van der Waals surface area contributed by atoms with Crippen LogP contribution in [0.2, 0.25) is 0 Å². The molecule has 3 N–H and O–H groups in total. The van der Waals surface area contributed by atoms with Gasteiger partial charge in [-0.25, -0.2) is 17.9 Å². The minimum absolute atomic E-state index is 0.0339. The Morgan fingerprint density at radius 1 is 1.06 bits per heavy atom. The third-order valence-corrected chi connectivity index (χ3v) is 7.44. The fraction of sp³-hybridized carbons (Fsp3) is 0.417. The van der Waals surface area contributed by atoms with Gasteiger partial charge in [0.2, 0.25) is 15.9 Å². The van der Waals surface area contributed by atoms with Gasteiger partial charge in [-0.2, -0.15) is 13.2 Å². The zero-order chi connectivity index (χ0) is 26.3. The summed E-state index contributed by atoms with van der Waals surface area (Å²) in [6.45, 7) is 0.249. The van der Waals surface area contributed by atoms with Gasteiger partial charge in [-0.3, -0.25) is 9.59 Å². The van der Waals surface area contributed by atoms with E-state index in [0.717, 1.165) is 18.2 Å². The Bertz CT molecular complexity index is 1280. The molecule has 0 bridgehead atoms. The summed E-state index contributed by atoms with van der Waals surface area (Å²) in [5, 5.41) is 7.93. The van der Waals surface area contributed by atoms with Crippen molar-refractivity contribution in [3.63, 3.8) is 0 Å². The second-order valence-corrected chi connectivity index (χ2v) is 10.7. The van der Waals surface area contributed by atoms with Crippen LogP contribution in [-0.4, -0.2) is 37.7 Å². The Hall–Kier alpha value is -2.99. The van der Waals surface area contributed by atoms with E-state index in [2.05, 4.69) is 5.32 Å². The molecular weight excluding hydrogens is 502 g/mol. The fourth-order valence-electron chi connectivity index (χ4n) is 4.50. The summed E-state index contributed by atoms with van der Waals surface area (Å²) in [5.41, 5.74) is -1.10. The number of sulfonamides is 1. The largest absolute Gasteiger partial charge is 0.416 e. The number of halogens is 4.